The van der Waals surface area contributed by atoms with Crippen LogP contribution in [0.1, 0.15) is 31.9 Å². The lowest BCUT2D eigenvalue weighted by Gasteiger charge is -2.24. The summed E-state index contributed by atoms with van der Waals surface area (Å²) in [6.45, 7) is 5.45. The van der Waals surface area contributed by atoms with E-state index in [0.29, 0.717) is 23.3 Å². The van der Waals surface area contributed by atoms with Crippen LogP contribution in [0.15, 0.2) is 41.6 Å². The van der Waals surface area contributed by atoms with Crippen molar-refractivity contribution < 1.29 is 14.3 Å². The molecule has 0 spiro atoms. The number of rotatable bonds is 6. The minimum atomic E-state index is -0.116. The molecule has 144 valence electrons. The second kappa shape index (κ2) is 9.33. The maximum atomic E-state index is 12.5. The monoisotopic (exact) mass is 406 g/mol. The van der Waals surface area contributed by atoms with E-state index in [4.69, 9.17) is 21.1 Å². The van der Waals surface area contributed by atoms with Gasteiger partial charge in [0.2, 0.25) is 5.91 Å². The first-order valence-electron chi connectivity index (χ1n) is 8.97. The molecule has 0 saturated heterocycles. The van der Waals surface area contributed by atoms with Crippen molar-refractivity contribution in [2.45, 2.75) is 31.3 Å². The zero-order valence-corrected chi connectivity index (χ0v) is 17.0. The number of aromatic nitrogens is 1. The second-order valence-corrected chi connectivity index (χ2v) is 8.00. The Labute approximate surface area is 168 Å². The maximum absolute atomic E-state index is 12.5. The summed E-state index contributed by atoms with van der Waals surface area (Å²) in [6, 6.07) is 9.29. The average molecular weight is 407 g/mol. The Morgan fingerprint density at radius 3 is 2.78 bits per heavy atom. The van der Waals surface area contributed by atoms with Gasteiger partial charge in [0.05, 0.1) is 30.0 Å². The Morgan fingerprint density at radius 1 is 1.26 bits per heavy atom. The largest absolute Gasteiger partial charge is 0.490 e. The molecule has 1 amide bonds. The minimum absolute atomic E-state index is 0.0625. The van der Waals surface area contributed by atoms with Gasteiger partial charge in [-0.1, -0.05) is 43.3 Å². The molecule has 1 aromatic carbocycles. The summed E-state index contributed by atoms with van der Waals surface area (Å²) in [6.07, 6.45) is 2.53. The van der Waals surface area contributed by atoms with Crippen molar-refractivity contribution in [2.75, 3.05) is 19.0 Å². The van der Waals surface area contributed by atoms with Gasteiger partial charge in [-0.25, -0.2) is 4.98 Å². The zero-order chi connectivity index (χ0) is 19.2. The molecule has 0 bridgehead atoms. The first kappa shape index (κ1) is 19.8. The van der Waals surface area contributed by atoms with Crippen LogP contribution < -0.4 is 14.8 Å². The molecule has 5 nitrogen and oxygen atoms in total. The summed E-state index contributed by atoms with van der Waals surface area (Å²) in [5.74, 6) is 1.91. The average Bonchev–Trinajstić information content (AvgIpc) is 2.90. The van der Waals surface area contributed by atoms with E-state index >= 15 is 0 Å². The predicted molar refractivity (Wildman–Crippen MR) is 108 cm³/mol. The summed E-state index contributed by atoms with van der Waals surface area (Å²) in [4.78, 5) is 16.7. The molecular formula is C20H23ClN2O3S. The standard InChI is InChI=1S/C20H23ClN2O3S/c1-13(2)19(14-6-7-16-17(11-14)26-10-4-9-25-16)23-18(24)12-27-20-15(21)5-3-8-22-20/h3,5-8,11,13,19H,4,9-10,12H2,1-2H3,(H,23,24)/t19-/m1/s1. The summed E-state index contributed by atoms with van der Waals surface area (Å²) in [7, 11) is 0. The Balaban J connectivity index is 1.68. The summed E-state index contributed by atoms with van der Waals surface area (Å²) >= 11 is 7.43. The minimum Gasteiger partial charge on any atom is -0.490 e. The van der Waals surface area contributed by atoms with Crippen LogP contribution in [0.4, 0.5) is 0 Å². The number of pyridine rings is 1. The van der Waals surface area contributed by atoms with Gasteiger partial charge in [0.25, 0.3) is 0 Å². The number of hydrogen-bond acceptors (Lipinski definition) is 5. The van der Waals surface area contributed by atoms with E-state index in [1.807, 2.05) is 18.2 Å². The number of thioether (sulfide) groups is 1. The van der Waals surface area contributed by atoms with Crippen molar-refractivity contribution in [2.24, 2.45) is 5.92 Å². The van der Waals surface area contributed by atoms with E-state index in [1.54, 1.807) is 18.3 Å². The van der Waals surface area contributed by atoms with Gasteiger partial charge in [0, 0.05) is 12.6 Å². The summed E-state index contributed by atoms with van der Waals surface area (Å²) < 4.78 is 11.5. The van der Waals surface area contributed by atoms with Crippen LogP contribution in [0.5, 0.6) is 11.5 Å². The number of amides is 1. The summed E-state index contributed by atoms with van der Waals surface area (Å²) in [5.41, 5.74) is 1.00. The number of nitrogens with one attached hydrogen (secondary N) is 1. The Morgan fingerprint density at radius 2 is 2.04 bits per heavy atom. The molecule has 1 aromatic heterocycles. The molecule has 7 heteroatoms. The molecule has 3 rings (SSSR count). The lowest BCUT2D eigenvalue weighted by molar-refractivity contribution is -0.119. The van der Waals surface area contributed by atoms with Gasteiger partial charge < -0.3 is 14.8 Å². The number of benzene rings is 1. The Kier molecular flexibility index (Phi) is 6.85. The van der Waals surface area contributed by atoms with Crippen molar-refractivity contribution in [3.8, 4) is 11.5 Å². The first-order valence-corrected chi connectivity index (χ1v) is 10.3. The van der Waals surface area contributed by atoms with Crippen molar-refractivity contribution in [3.05, 3.63) is 47.1 Å². The highest BCUT2D eigenvalue weighted by atomic mass is 35.5. The van der Waals surface area contributed by atoms with Crippen LogP contribution >= 0.6 is 23.4 Å². The Bertz CT molecular complexity index is 801. The fourth-order valence-electron chi connectivity index (χ4n) is 2.83. The summed E-state index contributed by atoms with van der Waals surface area (Å²) in [5, 5.41) is 4.33. The highest BCUT2D eigenvalue weighted by Crippen LogP contribution is 2.34. The Hall–Kier alpha value is -1.92. The van der Waals surface area contributed by atoms with Crippen LogP contribution in [-0.4, -0.2) is 29.9 Å². The van der Waals surface area contributed by atoms with Gasteiger partial charge in [-0.2, -0.15) is 0 Å². The molecule has 2 aromatic rings. The fourth-order valence-corrected chi connectivity index (χ4v) is 3.81. The van der Waals surface area contributed by atoms with Gasteiger partial charge in [-0.05, 0) is 35.7 Å². The third-order valence-corrected chi connectivity index (χ3v) is 5.60. The van der Waals surface area contributed by atoms with Gasteiger partial charge in [0.1, 0.15) is 5.03 Å². The number of hydrogen-bond donors (Lipinski definition) is 1. The topological polar surface area (TPSA) is 60.5 Å². The molecule has 0 aliphatic carbocycles. The van der Waals surface area contributed by atoms with Crippen LogP contribution in [0, 0.1) is 5.92 Å². The fraction of sp³-hybridized carbons (Fsp3) is 0.400. The molecule has 1 aliphatic rings. The van der Waals surface area contributed by atoms with E-state index in [1.165, 1.54) is 11.8 Å². The number of carbonyl (C=O) groups is 1. The zero-order valence-electron chi connectivity index (χ0n) is 15.4. The van der Waals surface area contributed by atoms with Crippen LogP contribution in [0.2, 0.25) is 5.02 Å². The van der Waals surface area contributed by atoms with Gasteiger partial charge >= 0.3 is 0 Å². The molecule has 27 heavy (non-hydrogen) atoms. The van der Waals surface area contributed by atoms with Crippen molar-refractivity contribution in [3.63, 3.8) is 0 Å². The van der Waals surface area contributed by atoms with E-state index in [9.17, 15) is 4.79 Å². The third-order valence-electron chi connectivity index (χ3n) is 4.18. The molecule has 0 radical (unpaired) electrons. The molecule has 1 N–H and O–H groups in total. The predicted octanol–water partition coefficient (Wildman–Crippen LogP) is 4.50. The molecule has 0 saturated carbocycles. The van der Waals surface area contributed by atoms with Crippen LogP contribution in [-0.2, 0) is 4.79 Å². The smallest absolute Gasteiger partial charge is 0.230 e. The van der Waals surface area contributed by atoms with E-state index < -0.39 is 0 Å². The number of nitrogens with zero attached hydrogens (tertiary/aromatic N) is 1. The van der Waals surface area contributed by atoms with Crippen LogP contribution in [0.3, 0.4) is 0 Å². The van der Waals surface area contributed by atoms with Gasteiger partial charge in [0.15, 0.2) is 11.5 Å². The SMILES string of the molecule is CC(C)[C@@H](NC(=O)CSc1ncccc1Cl)c1ccc2c(c1)OCCCO2. The highest BCUT2D eigenvalue weighted by Gasteiger charge is 2.21. The van der Waals surface area contributed by atoms with Crippen LogP contribution in [0.25, 0.3) is 0 Å². The highest BCUT2D eigenvalue weighted by molar-refractivity contribution is 8.00. The van der Waals surface area contributed by atoms with Gasteiger partial charge in [-0.15, -0.1) is 0 Å². The van der Waals surface area contributed by atoms with Crippen molar-refractivity contribution >= 4 is 29.3 Å². The maximum Gasteiger partial charge on any atom is 0.230 e. The van der Waals surface area contributed by atoms with E-state index in [-0.39, 0.29) is 23.6 Å². The lowest BCUT2D eigenvalue weighted by atomic mass is 9.95. The number of carbonyl (C=O) groups excluding carboxylic acids is 1. The van der Waals surface area contributed by atoms with E-state index in [0.717, 1.165) is 23.5 Å². The third kappa shape index (κ3) is 5.30. The molecule has 0 fully saturated rings. The molecule has 1 atom stereocenters. The first-order chi connectivity index (χ1) is 13.0. The van der Waals surface area contributed by atoms with Crippen molar-refractivity contribution in [1.82, 2.24) is 10.3 Å². The van der Waals surface area contributed by atoms with E-state index in [2.05, 4.69) is 24.1 Å². The molecule has 1 aliphatic heterocycles. The quantitative estimate of drug-likeness (QED) is 0.715. The lowest BCUT2D eigenvalue weighted by Crippen LogP contribution is -2.33. The number of fused-ring (bicyclic) bond motifs is 1. The normalized spacial score (nSPS) is 14.5. The molecule has 2 heterocycles. The van der Waals surface area contributed by atoms with Crippen molar-refractivity contribution in [1.29, 1.82) is 0 Å². The number of ether oxygens (including phenoxy) is 2. The molecular weight excluding hydrogens is 384 g/mol. The van der Waals surface area contributed by atoms with Gasteiger partial charge in [-0.3, -0.25) is 4.79 Å². The second-order valence-electron chi connectivity index (χ2n) is 6.62. The molecule has 0 unspecified atom stereocenters. The number of halogens is 1.